The van der Waals surface area contributed by atoms with Crippen molar-refractivity contribution in [2.75, 3.05) is 13.1 Å². The fraction of sp³-hybridized carbons (Fsp3) is 0.500. The molecule has 0 radical (unpaired) electrons. The molecule has 1 aliphatic rings. The molecular formula is C18H26N2O. The molecular weight excluding hydrogens is 260 g/mol. The number of nitrogens with zero attached hydrogens (tertiary/aromatic N) is 1. The quantitative estimate of drug-likeness (QED) is 0.783. The molecule has 3 nitrogen and oxygen atoms in total. The monoisotopic (exact) mass is 286 g/mol. The summed E-state index contributed by atoms with van der Waals surface area (Å²) in [5.74, 6) is 0.439. The van der Waals surface area contributed by atoms with Gasteiger partial charge in [0.1, 0.15) is 0 Å². The van der Waals surface area contributed by atoms with Crippen LogP contribution in [0.1, 0.15) is 32.3 Å². The fourth-order valence-corrected chi connectivity index (χ4v) is 3.39. The third-order valence-electron chi connectivity index (χ3n) is 4.69. The van der Waals surface area contributed by atoms with Gasteiger partial charge in [0, 0.05) is 19.1 Å². The van der Waals surface area contributed by atoms with Gasteiger partial charge in [-0.2, -0.15) is 0 Å². The molecule has 3 atom stereocenters. The molecule has 1 aromatic carbocycles. The van der Waals surface area contributed by atoms with E-state index in [1.165, 1.54) is 0 Å². The van der Waals surface area contributed by atoms with Gasteiger partial charge in [0.15, 0.2) is 0 Å². The van der Waals surface area contributed by atoms with Crippen molar-refractivity contribution in [2.45, 2.75) is 38.1 Å². The molecule has 0 aliphatic heterocycles. The summed E-state index contributed by atoms with van der Waals surface area (Å²) < 4.78 is 0. The van der Waals surface area contributed by atoms with Crippen molar-refractivity contribution in [3.8, 4) is 0 Å². The van der Waals surface area contributed by atoms with E-state index < -0.39 is 5.41 Å². The van der Waals surface area contributed by atoms with Crippen LogP contribution in [-0.2, 0) is 10.2 Å². The van der Waals surface area contributed by atoms with Crippen LogP contribution in [-0.4, -0.2) is 29.9 Å². The van der Waals surface area contributed by atoms with Crippen LogP contribution in [0.5, 0.6) is 0 Å². The molecule has 3 heteroatoms. The van der Waals surface area contributed by atoms with E-state index in [1.54, 1.807) is 0 Å². The normalized spacial score (nSPS) is 25.2. The topological polar surface area (TPSA) is 46.3 Å². The van der Waals surface area contributed by atoms with Crippen molar-refractivity contribution >= 4 is 5.91 Å². The Kier molecular flexibility index (Phi) is 4.84. The lowest BCUT2D eigenvalue weighted by Gasteiger charge is -2.27. The van der Waals surface area contributed by atoms with Crippen LogP contribution in [0, 0.1) is 5.92 Å². The van der Waals surface area contributed by atoms with Crippen LogP contribution >= 0.6 is 0 Å². The number of carbonyl (C=O) groups excluding carboxylic acids is 1. The first kappa shape index (κ1) is 15.8. The minimum atomic E-state index is -0.421. The Morgan fingerprint density at radius 1 is 1.43 bits per heavy atom. The van der Waals surface area contributed by atoms with Crippen LogP contribution < -0.4 is 5.73 Å². The molecule has 1 aliphatic carbocycles. The highest BCUT2D eigenvalue weighted by atomic mass is 16.2. The minimum Gasteiger partial charge on any atom is -0.342 e. The highest BCUT2D eigenvalue weighted by Gasteiger charge is 2.63. The van der Waals surface area contributed by atoms with Crippen molar-refractivity contribution in [1.29, 1.82) is 0 Å². The number of hydrogen-bond donors (Lipinski definition) is 1. The number of carbonyl (C=O) groups is 1. The predicted molar refractivity (Wildman–Crippen MR) is 86.9 cm³/mol. The number of likely N-dealkylation sites (N-methyl/N-ethyl adjacent to an activating group) is 1. The zero-order valence-electron chi connectivity index (χ0n) is 13.1. The number of amides is 1. The number of nitrogens with two attached hydrogens (primary N) is 1. The summed E-state index contributed by atoms with van der Waals surface area (Å²) in [7, 11) is 0. The summed E-state index contributed by atoms with van der Waals surface area (Å²) in [6.07, 6.45) is 3.45. The standard InChI is InChI=1S/C18H26N2O/c1-4-10-16(19)15-13-18(15,14-11-8-7-9-12-14)17(21)20(5-2)6-3/h4,7-9,11-12,15-16H,1,5-6,10,13,19H2,2-3H3/t15-,16-,18+/m0/s1. The summed E-state index contributed by atoms with van der Waals surface area (Å²) in [5.41, 5.74) is 6.96. The van der Waals surface area contributed by atoms with Crippen LogP contribution in [0.4, 0.5) is 0 Å². The summed E-state index contributed by atoms with van der Waals surface area (Å²) in [6.45, 7) is 9.31. The first-order chi connectivity index (χ1) is 10.1. The van der Waals surface area contributed by atoms with E-state index in [4.69, 9.17) is 5.73 Å². The first-order valence-corrected chi connectivity index (χ1v) is 7.83. The third-order valence-corrected chi connectivity index (χ3v) is 4.69. The summed E-state index contributed by atoms with van der Waals surface area (Å²) >= 11 is 0. The van der Waals surface area contributed by atoms with Crippen LogP contribution in [0.3, 0.4) is 0 Å². The molecule has 1 aromatic rings. The third kappa shape index (κ3) is 2.75. The van der Waals surface area contributed by atoms with Gasteiger partial charge in [-0.25, -0.2) is 0 Å². The molecule has 0 bridgehead atoms. The lowest BCUT2D eigenvalue weighted by atomic mass is 9.88. The van der Waals surface area contributed by atoms with Gasteiger partial charge < -0.3 is 10.6 Å². The molecule has 1 amide bonds. The van der Waals surface area contributed by atoms with Gasteiger partial charge >= 0.3 is 0 Å². The van der Waals surface area contributed by atoms with E-state index in [-0.39, 0.29) is 17.9 Å². The molecule has 0 heterocycles. The Morgan fingerprint density at radius 3 is 2.57 bits per heavy atom. The second-order valence-corrected chi connectivity index (χ2v) is 5.81. The Hall–Kier alpha value is -1.61. The van der Waals surface area contributed by atoms with Crippen LogP contribution in [0.15, 0.2) is 43.0 Å². The summed E-state index contributed by atoms with van der Waals surface area (Å²) in [4.78, 5) is 15.0. The van der Waals surface area contributed by atoms with Gasteiger partial charge in [0.2, 0.25) is 5.91 Å². The number of hydrogen-bond acceptors (Lipinski definition) is 2. The fourth-order valence-electron chi connectivity index (χ4n) is 3.39. The number of benzene rings is 1. The maximum atomic E-state index is 13.1. The summed E-state index contributed by atoms with van der Waals surface area (Å²) in [6, 6.07) is 10.1. The van der Waals surface area contributed by atoms with Crippen LogP contribution in [0.25, 0.3) is 0 Å². The van der Waals surface area contributed by atoms with E-state index in [1.807, 2.05) is 43.0 Å². The Labute approximate surface area is 127 Å². The molecule has 0 saturated heterocycles. The Bertz CT molecular complexity index is 495. The average molecular weight is 286 g/mol. The Morgan fingerprint density at radius 2 is 2.05 bits per heavy atom. The van der Waals surface area contributed by atoms with Crippen LogP contribution in [0.2, 0.25) is 0 Å². The molecule has 0 unspecified atom stereocenters. The van der Waals surface area contributed by atoms with Crippen molar-refractivity contribution < 1.29 is 4.79 Å². The molecule has 2 N–H and O–H groups in total. The largest absolute Gasteiger partial charge is 0.342 e. The van der Waals surface area contributed by atoms with Gasteiger partial charge in [-0.3, -0.25) is 4.79 Å². The highest BCUT2D eigenvalue weighted by molar-refractivity contribution is 5.92. The average Bonchev–Trinajstić information content (AvgIpc) is 3.26. The zero-order valence-corrected chi connectivity index (χ0v) is 13.1. The molecule has 0 spiro atoms. The van der Waals surface area contributed by atoms with E-state index in [0.29, 0.717) is 0 Å². The van der Waals surface area contributed by atoms with E-state index in [9.17, 15) is 4.79 Å². The molecule has 0 aromatic heterocycles. The maximum Gasteiger partial charge on any atom is 0.233 e. The minimum absolute atomic E-state index is 0.00205. The number of rotatable bonds is 7. The van der Waals surface area contributed by atoms with Gasteiger partial charge in [-0.15, -0.1) is 6.58 Å². The maximum absolute atomic E-state index is 13.1. The predicted octanol–water partition coefficient (Wildman–Crippen LogP) is 2.72. The highest BCUT2D eigenvalue weighted by Crippen LogP contribution is 2.57. The molecule has 21 heavy (non-hydrogen) atoms. The van der Waals surface area contributed by atoms with E-state index in [0.717, 1.165) is 31.5 Å². The molecule has 1 saturated carbocycles. The lowest BCUT2D eigenvalue weighted by Crippen LogP contribution is -2.42. The van der Waals surface area contributed by atoms with Crippen molar-refractivity contribution in [3.63, 3.8) is 0 Å². The Balaban J connectivity index is 2.34. The van der Waals surface area contributed by atoms with Crippen molar-refractivity contribution in [3.05, 3.63) is 48.6 Å². The molecule has 2 rings (SSSR count). The van der Waals surface area contributed by atoms with Gasteiger partial charge in [0.05, 0.1) is 5.41 Å². The summed E-state index contributed by atoms with van der Waals surface area (Å²) in [5, 5.41) is 0. The van der Waals surface area contributed by atoms with Crippen molar-refractivity contribution in [1.82, 2.24) is 4.90 Å². The smallest absolute Gasteiger partial charge is 0.233 e. The first-order valence-electron chi connectivity index (χ1n) is 7.83. The van der Waals surface area contributed by atoms with Gasteiger partial charge in [-0.1, -0.05) is 36.4 Å². The van der Waals surface area contributed by atoms with Crippen molar-refractivity contribution in [2.24, 2.45) is 11.7 Å². The molecule has 114 valence electrons. The SMILES string of the molecule is C=CC[C@H](N)[C@@H]1C[C@@]1(C(=O)N(CC)CC)c1ccccc1. The van der Waals surface area contributed by atoms with E-state index in [2.05, 4.69) is 18.7 Å². The second kappa shape index (κ2) is 6.44. The zero-order chi connectivity index (χ0) is 15.5. The van der Waals surface area contributed by atoms with Gasteiger partial charge in [-0.05, 0) is 38.2 Å². The molecule has 1 fully saturated rings. The van der Waals surface area contributed by atoms with Gasteiger partial charge in [0.25, 0.3) is 0 Å². The lowest BCUT2D eigenvalue weighted by molar-refractivity contribution is -0.134. The second-order valence-electron chi connectivity index (χ2n) is 5.81. The van der Waals surface area contributed by atoms with E-state index >= 15 is 0 Å².